The second-order valence-corrected chi connectivity index (χ2v) is 4.83. The predicted molar refractivity (Wildman–Crippen MR) is 80.3 cm³/mol. The highest BCUT2D eigenvalue weighted by Crippen LogP contribution is 2.12. The second kappa shape index (κ2) is 6.17. The normalized spacial score (nSPS) is 10.7. The van der Waals surface area contributed by atoms with E-state index < -0.39 is 0 Å². The molecule has 2 heterocycles. The van der Waals surface area contributed by atoms with Gasteiger partial charge in [0.2, 0.25) is 11.9 Å². The zero-order valence-corrected chi connectivity index (χ0v) is 11.7. The van der Waals surface area contributed by atoms with Gasteiger partial charge in [-0.1, -0.05) is 6.07 Å². The van der Waals surface area contributed by atoms with E-state index in [1.165, 1.54) is 12.4 Å². The van der Waals surface area contributed by atoms with Crippen LogP contribution < -0.4 is 10.9 Å². The van der Waals surface area contributed by atoms with E-state index in [1.54, 1.807) is 6.07 Å². The monoisotopic (exact) mass is 298 g/mol. The van der Waals surface area contributed by atoms with Crippen molar-refractivity contribution in [3.8, 4) is 0 Å². The van der Waals surface area contributed by atoms with Gasteiger partial charge in [-0.15, -0.1) is 5.10 Å². The molecule has 112 valence electrons. The number of nitrogens with zero attached hydrogens (tertiary/aromatic N) is 3. The first-order valence-electron chi connectivity index (χ1n) is 6.85. The van der Waals surface area contributed by atoms with E-state index >= 15 is 0 Å². The van der Waals surface area contributed by atoms with Crippen LogP contribution in [0.5, 0.6) is 0 Å². The van der Waals surface area contributed by atoms with Crippen molar-refractivity contribution in [2.24, 2.45) is 0 Å². The van der Waals surface area contributed by atoms with Crippen molar-refractivity contribution in [3.05, 3.63) is 46.5 Å². The third kappa shape index (κ3) is 3.17. The van der Waals surface area contributed by atoms with Gasteiger partial charge in [0.15, 0.2) is 0 Å². The molecule has 2 aromatic heterocycles. The predicted octanol–water partition coefficient (Wildman–Crippen LogP) is 1.00. The van der Waals surface area contributed by atoms with Crippen LogP contribution >= 0.6 is 0 Å². The Balaban J connectivity index is 1.53. The number of nitrogens with one attached hydrogen (secondary N) is 3. The van der Waals surface area contributed by atoms with Gasteiger partial charge in [0.1, 0.15) is 0 Å². The summed E-state index contributed by atoms with van der Waals surface area (Å²) < 4.78 is 0. The quantitative estimate of drug-likeness (QED) is 0.649. The van der Waals surface area contributed by atoms with Crippen molar-refractivity contribution < 1.29 is 4.79 Å². The highest BCUT2D eigenvalue weighted by Gasteiger charge is 2.06. The first kappa shape index (κ1) is 13.9. The molecule has 3 aromatic rings. The summed E-state index contributed by atoms with van der Waals surface area (Å²) in [6.45, 7) is 0. The van der Waals surface area contributed by atoms with E-state index in [0.29, 0.717) is 18.2 Å². The largest absolute Gasteiger partial charge is 0.298 e. The molecule has 1 amide bonds. The maximum Gasteiger partial charge on any atom is 0.271 e. The summed E-state index contributed by atoms with van der Waals surface area (Å²) in [6.07, 6.45) is 4.70. The van der Waals surface area contributed by atoms with Crippen LogP contribution in [0.1, 0.15) is 18.4 Å². The minimum atomic E-state index is -0.149. The number of fused-ring (bicyclic) bond motifs is 1. The molecule has 0 saturated carbocycles. The molecule has 0 aliphatic carbocycles. The van der Waals surface area contributed by atoms with E-state index in [1.807, 2.05) is 12.1 Å². The molecular formula is C14H14N6O2. The van der Waals surface area contributed by atoms with Gasteiger partial charge >= 0.3 is 0 Å². The Kier molecular flexibility index (Phi) is 3.90. The molecule has 8 heteroatoms. The first-order valence-corrected chi connectivity index (χ1v) is 6.85. The molecular weight excluding hydrogens is 284 g/mol. The third-order valence-electron chi connectivity index (χ3n) is 3.24. The van der Waals surface area contributed by atoms with Crippen LogP contribution in [0.15, 0.2) is 35.4 Å². The molecule has 8 nitrogen and oxygen atoms in total. The summed E-state index contributed by atoms with van der Waals surface area (Å²) in [5.41, 5.74) is 1.71. The number of H-pyrrole nitrogens is 2. The van der Waals surface area contributed by atoms with Crippen molar-refractivity contribution >= 4 is 22.8 Å². The van der Waals surface area contributed by atoms with Crippen LogP contribution in [0.2, 0.25) is 0 Å². The SMILES string of the molecule is O=C(CCCc1ccc2c(=O)[nH][nH]c2c1)Nc1nccnn1. The molecule has 0 saturated heterocycles. The molecule has 0 atom stereocenters. The van der Waals surface area contributed by atoms with E-state index in [2.05, 4.69) is 30.7 Å². The zero-order chi connectivity index (χ0) is 15.4. The fourth-order valence-electron chi connectivity index (χ4n) is 2.18. The number of aromatic amines is 2. The first-order chi connectivity index (χ1) is 10.7. The van der Waals surface area contributed by atoms with Gasteiger partial charge in [-0.05, 0) is 30.5 Å². The van der Waals surface area contributed by atoms with Gasteiger partial charge in [-0.25, -0.2) is 4.98 Å². The van der Waals surface area contributed by atoms with Gasteiger partial charge in [-0.2, -0.15) is 5.10 Å². The topological polar surface area (TPSA) is 116 Å². The molecule has 1 aromatic carbocycles. The van der Waals surface area contributed by atoms with Gasteiger partial charge in [-0.3, -0.25) is 25.1 Å². The second-order valence-electron chi connectivity index (χ2n) is 4.83. The van der Waals surface area contributed by atoms with Gasteiger partial charge in [0.05, 0.1) is 23.3 Å². The van der Waals surface area contributed by atoms with Crippen LogP contribution in [0, 0.1) is 0 Å². The number of aromatic nitrogens is 5. The molecule has 0 bridgehead atoms. The van der Waals surface area contributed by atoms with Crippen LogP contribution in [-0.2, 0) is 11.2 Å². The van der Waals surface area contributed by atoms with Crippen molar-refractivity contribution in [2.45, 2.75) is 19.3 Å². The van der Waals surface area contributed by atoms with Crippen molar-refractivity contribution in [3.63, 3.8) is 0 Å². The molecule has 3 rings (SSSR count). The van der Waals surface area contributed by atoms with Crippen LogP contribution in [0.4, 0.5) is 5.95 Å². The fraction of sp³-hybridized carbons (Fsp3) is 0.214. The average Bonchev–Trinajstić information content (AvgIpc) is 2.89. The molecule has 0 unspecified atom stereocenters. The molecule has 0 aliphatic rings. The number of amides is 1. The van der Waals surface area contributed by atoms with E-state index in [4.69, 9.17) is 0 Å². The maximum absolute atomic E-state index is 11.7. The third-order valence-corrected chi connectivity index (χ3v) is 3.24. The Morgan fingerprint density at radius 1 is 1.23 bits per heavy atom. The number of carbonyl (C=O) groups excluding carboxylic acids is 1. The van der Waals surface area contributed by atoms with Crippen LogP contribution in [-0.4, -0.2) is 31.3 Å². The van der Waals surface area contributed by atoms with Crippen LogP contribution in [0.25, 0.3) is 10.9 Å². The van der Waals surface area contributed by atoms with Crippen LogP contribution in [0.3, 0.4) is 0 Å². The zero-order valence-electron chi connectivity index (χ0n) is 11.7. The lowest BCUT2D eigenvalue weighted by atomic mass is 10.1. The summed E-state index contributed by atoms with van der Waals surface area (Å²) >= 11 is 0. The highest BCUT2D eigenvalue weighted by atomic mass is 16.1. The minimum Gasteiger partial charge on any atom is -0.298 e. The number of hydrogen-bond donors (Lipinski definition) is 3. The maximum atomic E-state index is 11.7. The Morgan fingerprint density at radius 2 is 2.14 bits per heavy atom. The average molecular weight is 298 g/mol. The Hall–Kier alpha value is -3.03. The highest BCUT2D eigenvalue weighted by molar-refractivity contribution is 5.88. The van der Waals surface area contributed by atoms with E-state index in [9.17, 15) is 9.59 Å². The summed E-state index contributed by atoms with van der Waals surface area (Å²) in [5.74, 6) is 0.0583. The Labute approximate surface area is 125 Å². The molecule has 0 spiro atoms. The Morgan fingerprint density at radius 3 is 2.95 bits per heavy atom. The number of hydrogen-bond acceptors (Lipinski definition) is 5. The fourth-order valence-corrected chi connectivity index (χ4v) is 2.18. The Bertz CT molecular complexity index is 839. The lowest BCUT2D eigenvalue weighted by Gasteiger charge is -2.03. The lowest BCUT2D eigenvalue weighted by Crippen LogP contribution is -2.14. The number of anilines is 1. The smallest absolute Gasteiger partial charge is 0.271 e. The number of benzene rings is 1. The number of aryl methyl sites for hydroxylation is 1. The van der Waals surface area contributed by atoms with Crippen molar-refractivity contribution in [1.29, 1.82) is 0 Å². The van der Waals surface area contributed by atoms with Crippen molar-refractivity contribution in [1.82, 2.24) is 25.4 Å². The number of carbonyl (C=O) groups is 1. The standard InChI is InChI=1S/C14H14N6O2/c21-12(17-14-15-6-7-16-20-14)3-1-2-9-4-5-10-11(8-9)18-19-13(10)22/h4-8H,1-3H2,(H2,18,19,22)(H,15,17,20,21). The van der Waals surface area contributed by atoms with E-state index in [0.717, 1.165) is 17.5 Å². The lowest BCUT2D eigenvalue weighted by molar-refractivity contribution is -0.116. The molecule has 3 N–H and O–H groups in total. The van der Waals surface area contributed by atoms with Gasteiger partial charge < -0.3 is 0 Å². The summed E-state index contributed by atoms with van der Waals surface area (Å²) in [7, 11) is 0. The molecule has 0 aliphatic heterocycles. The molecule has 0 radical (unpaired) electrons. The summed E-state index contributed by atoms with van der Waals surface area (Å²) in [6, 6.07) is 5.59. The summed E-state index contributed by atoms with van der Waals surface area (Å²) in [5, 5.41) is 15.9. The molecule has 0 fully saturated rings. The summed E-state index contributed by atoms with van der Waals surface area (Å²) in [4.78, 5) is 27.0. The van der Waals surface area contributed by atoms with Gasteiger partial charge in [0, 0.05) is 6.42 Å². The van der Waals surface area contributed by atoms with Crippen molar-refractivity contribution in [2.75, 3.05) is 5.32 Å². The van der Waals surface area contributed by atoms with Gasteiger partial charge in [0.25, 0.3) is 5.56 Å². The van der Waals surface area contributed by atoms with E-state index in [-0.39, 0.29) is 17.4 Å². The minimum absolute atomic E-state index is 0.127. The number of rotatable bonds is 5. The molecule has 22 heavy (non-hydrogen) atoms.